The van der Waals surface area contributed by atoms with Crippen molar-refractivity contribution >= 4 is 5.91 Å². The van der Waals surface area contributed by atoms with Crippen LogP contribution in [-0.4, -0.2) is 193 Å². The number of ether oxygens (including phenoxy) is 6. The summed E-state index contributed by atoms with van der Waals surface area (Å²) >= 11 is 0. The molecular formula is C79H135NO18. The molecule has 17 unspecified atom stereocenters. The number of amides is 1. The number of allylic oxidation sites excluding steroid dienone is 17. The van der Waals surface area contributed by atoms with Gasteiger partial charge in [-0.25, -0.2) is 0 Å². The summed E-state index contributed by atoms with van der Waals surface area (Å²) in [6, 6.07) is -1.000. The van der Waals surface area contributed by atoms with Gasteiger partial charge in [0, 0.05) is 6.42 Å². The van der Waals surface area contributed by atoms with Gasteiger partial charge in [-0.2, -0.15) is 0 Å². The molecule has 3 aliphatic heterocycles. The first-order chi connectivity index (χ1) is 47.8. The Labute approximate surface area is 589 Å². The molecule has 0 radical (unpaired) electrons. The third-order valence-electron chi connectivity index (χ3n) is 18.3. The Hall–Kier alpha value is -3.55. The molecule has 0 bridgehead atoms. The van der Waals surface area contributed by atoms with E-state index in [-0.39, 0.29) is 18.9 Å². The first-order valence-corrected chi connectivity index (χ1v) is 38.1. The highest BCUT2D eigenvalue weighted by Crippen LogP contribution is 2.33. The van der Waals surface area contributed by atoms with E-state index in [1.165, 1.54) is 122 Å². The highest BCUT2D eigenvalue weighted by Gasteiger charge is 2.53. The van der Waals surface area contributed by atoms with Gasteiger partial charge in [0.15, 0.2) is 18.9 Å². The van der Waals surface area contributed by atoms with Crippen LogP contribution in [0.5, 0.6) is 0 Å². The van der Waals surface area contributed by atoms with Crippen molar-refractivity contribution in [2.45, 2.75) is 356 Å². The molecule has 0 aromatic carbocycles. The molecule has 564 valence electrons. The second kappa shape index (κ2) is 58.9. The Balaban J connectivity index is 1.39. The topological polar surface area (TPSA) is 307 Å². The maximum atomic E-state index is 13.4. The summed E-state index contributed by atoms with van der Waals surface area (Å²) in [7, 11) is 0. The summed E-state index contributed by atoms with van der Waals surface area (Å²) in [6.45, 7) is 1.60. The van der Waals surface area contributed by atoms with Crippen LogP contribution in [0, 0.1) is 0 Å². The van der Waals surface area contributed by atoms with Crippen LogP contribution >= 0.6 is 0 Å². The largest absolute Gasteiger partial charge is 0.394 e. The third-order valence-corrected chi connectivity index (χ3v) is 18.3. The van der Waals surface area contributed by atoms with E-state index in [1.807, 2.05) is 6.08 Å². The molecule has 0 aliphatic carbocycles. The summed E-state index contributed by atoms with van der Waals surface area (Å²) in [4.78, 5) is 13.4. The highest BCUT2D eigenvalue weighted by molar-refractivity contribution is 5.76. The van der Waals surface area contributed by atoms with Gasteiger partial charge in [0.25, 0.3) is 0 Å². The number of aliphatic hydroxyl groups excluding tert-OH is 11. The number of hydrogen-bond acceptors (Lipinski definition) is 18. The maximum absolute atomic E-state index is 13.4. The number of nitrogens with one attached hydrogen (secondary N) is 1. The molecule has 0 aromatic heterocycles. The molecule has 3 aliphatic rings. The second-order valence-corrected chi connectivity index (χ2v) is 26.7. The van der Waals surface area contributed by atoms with Crippen LogP contribution in [-0.2, 0) is 33.2 Å². The van der Waals surface area contributed by atoms with Crippen molar-refractivity contribution in [1.82, 2.24) is 5.32 Å². The lowest BCUT2D eigenvalue weighted by molar-refractivity contribution is -0.379. The van der Waals surface area contributed by atoms with Crippen molar-refractivity contribution in [3.8, 4) is 0 Å². The molecule has 3 fully saturated rings. The van der Waals surface area contributed by atoms with E-state index in [0.717, 1.165) is 96.3 Å². The van der Waals surface area contributed by atoms with E-state index >= 15 is 0 Å². The minimum absolute atomic E-state index is 0.225. The van der Waals surface area contributed by atoms with Crippen LogP contribution in [0.4, 0.5) is 0 Å². The van der Waals surface area contributed by atoms with Gasteiger partial charge in [-0.15, -0.1) is 0 Å². The van der Waals surface area contributed by atoms with Crippen LogP contribution in [0.2, 0.25) is 0 Å². The standard InChI is InChI=1S/C79H135NO18/c1-3-5-7-9-11-13-15-17-19-21-23-25-26-27-28-29-30-31-32-33-34-35-36-37-39-41-43-45-47-49-51-53-55-57-67(85)80-62(63(84)56-54-52-50-48-46-44-42-40-38-24-22-20-18-16-14-12-10-8-6-4-2)61-93-77-73(91)70(88)75(65(59-82)95-77)98-79-74(92)71(89)76(66(60-83)96-79)97-78-72(90)69(87)68(86)64(58-81)94-78/h5,7,11,13,17,19,23,25,27-28,30-31,33-34,46,48,54,56,62-66,68-79,81-84,86-92H,3-4,6,8-10,12,14-16,18,20-22,24,26,29,32,35-45,47,49-53,55,57-61H2,1-2H3,(H,80,85)/b7-5-,13-11-,19-17-,25-23-,28-27-,31-30-,34-33-,48-46+,56-54+. The van der Waals surface area contributed by atoms with Gasteiger partial charge >= 0.3 is 0 Å². The predicted octanol–water partition coefficient (Wildman–Crippen LogP) is 11.8. The van der Waals surface area contributed by atoms with E-state index in [1.54, 1.807) is 6.08 Å². The average molecular weight is 1390 g/mol. The zero-order valence-corrected chi connectivity index (χ0v) is 60.0. The van der Waals surface area contributed by atoms with Gasteiger partial charge in [-0.1, -0.05) is 264 Å². The molecule has 17 atom stereocenters. The number of hydrogen-bond donors (Lipinski definition) is 12. The predicted molar refractivity (Wildman–Crippen MR) is 387 cm³/mol. The summed E-state index contributed by atoms with van der Waals surface area (Å²) < 4.78 is 34.4. The van der Waals surface area contributed by atoms with Gasteiger partial charge in [0.1, 0.15) is 73.2 Å². The normalized spacial score (nSPS) is 27.4. The van der Waals surface area contributed by atoms with Gasteiger partial charge in [0.2, 0.25) is 5.91 Å². The fraction of sp³-hybridized carbons (Fsp3) is 0.759. The third kappa shape index (κ3) is 39.2. The van der Waals surface area contributed by atoms with Crippen LogP contribution in [0.15, 0.2) is 109 Å². The van der Waals surface area contributed by atoms with Gasteiger partial charge in [-0.3, -0.25) is 4.79 Å². The number of carbonyl (C=O) groups is 1. The van der Waals surface area contributed by atoms with Crippen molar-refractivity contribution in [3.05, 3.63) is 109 Å². The molecule has 12 N–H and O–H groups in total. The molecule has 19 heteroatoms. The van der Waals surface area contributed by atoms with Crippen molar-refractivity contribution < 1.29 is 89.4 Å². The highest BCUT2D eigenvalue weighted by atomic mass is 16.8. The summed E-state index contributed by atoms with van der Waals surface area (Å²) in [5.74, 6) is -0.292. The van der Waals surface area contributed by atoms with Crippen LogP contribution < -0.4 is 5.32 Å². The lowest BCUT2D eigenvalue weighted by Gasteiger charge is -2.48. The lowest BCUT2D eigenvalue weighted by Crippen LogP contribution is -2.66. The van der Waals surface area contributed by atoms with Crippen molar-refractivity contribution in [2.75, 3.05) is 26.4 Å². The molecule has 0 spiro atoms. The fourth-order valence-corrected chi connectivity index (χ4v) is 12.2. The zero-order chi connectivity index (χ0) is 71.1. The second-order valence-electron chi connectivity index (χ2n) is 26.7. The van der Waals surface area contributed by atoms with E-state index in [0.29, 0.717) is 12.8 Å². The molecular weight excluding hydrogens is 1250 g/mol. The van der Waals surface area contributed by atoms with E-state index < -0.39 is 124 Å². The number of carbonyl (C=O) groups excluding carboxylic acids is 1. The van der Waals surface area contributed by atoms with Gasteiger partial charge in [-0.05, 0) is 89.9 Å². The fourth-order valence-electron chi connectivity index (χ4n) is 12.2. The molecule has 3 rings (SSSR count). The SMILES string of the molecule is CC/C=C\C/C=C\C/C=C\C/C=C\C/C=C\C/C=C\C/C=C\CCCCCCCCCCCCCC(=O)NC(COC1OC(CO)C(OC2OC(CO)C(OC3OC(CO)C(O)C(O)C3O)C(O)C2O)C(O)C1O)C(O)/C=C/CC/C=C/CCCCCCCCCCCCCCCC. The summed E-state index contributed by atoms with van der Waals surface area (Å²) in [6.07, 6.45) is 53.5. The number of rotatable bonds is 58. The van der Waals surface area contributed by atoms with Crippen LogP contribution in [0.25, 0.3) is 0 Å². The van der Waals surface area contributed by atoms with Crippen LogP contribution in [0.3, 0.4) is 0 Å². The molecule has 98 heavy (non-hydrogen) atoms. The molecule has 3 heterocycles. The average Bonchev–Trinajstić information content (AvgIpc) is 0.782. The molecule has 0 saturated carbocycles. The Kier molecular flexibility index (Phi) is 53.3. The smallest absolute Gasteiger partial charge is 0.220 e. The quantitative estimate of drug-likeness (QED) is 0.0199. The Morgan fingerprint density at radius 2 is 0.714 bits per heavy atom. The van der Waals surface area contributed by atoms with Gasteiger partial charge < -0.3 is 89.9 Å². The Morgan fingerprint density at radius 3 is 1.14 bits per heavy atom. The van der Waals surface area contributed by atoms with Crippen molar-refractivity contribution in [3.63, 3.8) is 0 Å². The lowest BCUT2D eigenvalue weighted by atomic mass is 9.96. The maximum Gasteiger partial charge on any atom is 0.220 e. The molecule has 0 aromatic rings. The summed E-state index contributed by atoms with van der Waals surface area (Å²) in [5.41, 5.74) is 0. The molecule has 3 saturated heterocycles. The van der Waals surface area contributed by atoms with Crippen molar-refractivity contribution in [1.29, 1.82) is 0 Å². The monoisotopic (exact) mass is 1390 g/mol. The van der Waals surface area contributed by atoms with Crippen molar-refractivity contribution in [2.24, 2.45) is 0 Å². The van der Waals surface area contributed by atoms with E-state index in [9.17, 15) is 61.0 Å². The van der Waals surface area contributed by atoms with E-state index in [4.69, 9.17) is 28.4 Å². The number of unbranched alkanes of at least 4 members (excludes halogenated alkanes) is 26. The summed E-state index contributed by atoms with van der Waals surface area (Å²) in [5, 5.41) is 121. The minimum atomic E-state index is -1.99. The van der Waals surface area contributed by atoms with Crippen LogP contribution in [0.1, 0.15) is 251 Å². The molecule has 1 amide bonds. The Bertz CT molecular complexity index is 2200. The van der Waals surface area contributed by atoms with E-state index in [2.05, 4.69) is 116 Å². The van der Waals surface area contributed by atoms with Gasteiger partial charge in [0.05, 0.1) is 38.6 Å². The minimum Gasteiger partial charge on any atom is -0.394 e. The molecule has 19 nitrogen and oxygen atoms in total. The number of aliphatic hydroxyl groups is 11. The first kappa shape index (κ1) is 88.7. The first-order valence-electron chi connectivity index (χ1n) is 38.1. The Morgan fingerprint density at radius 1 is 0.378 bits per heavy atom. The zero-order valence-electron chi connectivity index (χ0n) is 60.0.